The molecule has 4 rings (SSSR count). The number of hydrogen-bond donors (Lipinski definition) is 1. The number of benzene rings is 1. The number of carbonyl (C=O) groups is 1. The van der Waals surface area contributed by atoms with Gasteiger partial charge in [0.2, 0.25) is 0 Å². The largest absolute Gasteiger partial charge is 0.323 e. The van der Waals surface area contributed by atoms with Gasteiger partial charge < -0.3 is 4.90 Å². The number of carbonyl (C=O) groups excluding carboxylic acids is 1. The molecule has 1 saturated heterocycles. The van der Waals surface area contributed by atoms with Crippen molar-refractivity contribution in [3.8, 4) is 0 Å². The average Bonchev–Trinajstić information content (AvgIpc) is 3.40. The molecule has 2 aromatic rings. The number of rotatable bonds is 3. The molecular formula is C19H23FN4O. The van der Waals surface area contributed by atoms with E-state index in [-0.39, 0.29) is 17.9 Å². The molecule has 2 heterocycles. The Labute approximate surface area is 146 Å². The molecule has 0 bridgehead atoms. The number of nitrogens with one attached hydrogen (secondary N) is 1. The summed E-state index contributed by atoms with van der Waals surface area (Å²) in [7, 11) is 1.85. The Morgan fingerprint density at radius 2 is 2.08 bits per heavy atom. The molecule has 1 aromatic heterocycles. The van der Waals surface area contributed by atoms with Gasteiger partial charge in [-0.05, 0) is 49.8 Å². The van der Waals surface area contributed by atoms with Crippen LogP contribution in [-0.2, 0) is 7.05 Å². The maximum Gasteiger partial charge on any atom is 0.323 e. The summed E-state index contributed by atoms with van der Waals surface area (Å²) in [6.07, 6.45) is 5.23. The van der Waals surface area contributed by atoms with Crippen molar-refractivity contribution < 1.29 is 9.18 Å². The standard InChI is InChI=1S/C19H23FN4O/c1-23-18(12-16(22-23)13-8-9-13)21-19(25)24-10-3-2-7-17(24)14-5-4-6-15(20)11-14/h4-6,11-13,17H,2-3,7-10H2,1H3,(H,21,25)/t17-/m1/s1. The third kappa shape index (κ3) is 3.38. The van der Waals surface area contributed by atoms with Crippen molar-refractivity contribution in [1.29, 1.82) is 0 Å². The van der Waals surface area contributed by atoms with E-state index in [1.165, 1.54) is 25.0 Å². The van der Waals surface area contributed by atoms with E-state index in [0.29, 0.717) is 12.5 Å². The van der Waals surface area contributed by atoms with Crippen molar-refractivity contribution in [3.63, 3.8) is 0 Å². The van der Waals surface area contributed by atoms with E-state index in [1.54, 1.807) is 10.7 Å². The van der Waals surface area contributed by atoms with E-state index in [0.717, 1.165) is 36.3 Å². The third-order valence-corrected chi connectivity index (χ3v) is 5.13. The second kappa shape index (κ2) is 6.50. The molecule has 2 aliphatic rings. The summed E-state index contributed by atoms with van der Waals surface area (Å²) < 4.78 is 15.3. The summed E-state index contributed by atoms with van der Waals surface area (Å²) in [5.41, 5.74) is 1.91. The highest BCUT2D eigenvalue weighted by Gasteiger charge is 2.30. The normalized spacial score (nSPS) is 20.6. The average molecular weight is 342 g/mol. The van der Waals surface area contributed by atoms with Crippen LogP contribution in [0.25, 0.3) is 0 Å². The summed E-state index contributed by atoms with van der Waals surface area (Å²) in [4.78, 5) is 14.7. The first kappa shape index (κ1) is 16.1. The Morgan fingerprint density at radius 3 is 2.84 bits per heavy atom. The van der Waals surface area contributed by atoms with Crippen LogP contribution in [0.3, 0.4) is 0 Å². The number of aromatic nitrogens is 2. The van der Waals surface area contributed by atoms with Gasteiger partial charge >= 0.3 is 6.03 Å². The van der Waals surface area contributed by atoms with Gasteiger partial charge in [-0.1, -0.05) is 12.1 Å². The summed E-state index contributed by atoms with van der Waals surface area (Å²) in [6, 6.07) is 8.32. The zero-order valence-corrected chi connectivity index (χ0v) is 14.4. The molecule has 1 aliphatic carbocycles. The van der Waals surface area contributed by atoms with Crippen LogP contribution in [-0.4, -0.2) is 27.3 Å². The van der Waals surface area contributed by atoms with E-state index in [9.17, 15) is 9.18 Å². The van der Waals surface area contributed by atoms with Crippen molar-refractivity contribution in [2.45, 2.75) is 44.1 Å². The maximum absolute atomic E-state index is 13.6. The van der Waals surface area contributed by atoms with Crippen molar-refractivity contribution in [3.05, 3.63) is 47.4 Å². The first-order valence-electron chi connectivity index (χ1n) is 8.99. The second-order valence-electron chi connectivity index (χ2n) is 7.04. The highest BCUT2D eigenvalue weighted by molar-refractivity contribution is 5.89. The minimum absolute atomic E-state index is 0.0828. The monoisotopic (exact) mass is 342 g/mol. The van der Waals surface area contributed by atoms with Gasteiger partial charge in [-0.25, -0.2) is 9.18 Å². The third-order valence-electron chi connectivity index (χ3n) is 5.13. The lowest BCUT2D eigenvalue weighted by atomic mass is 9.95. The Kier molecular flexibility index (Phi) is 4.19. The number of anilines is 1. The molecule has 5 nitrogen and oxygen atoms in total. The molecule has 2 amide bonds. The maximum atomic E-state index is 13.6. The van der Waals surface area contributed by atoms with Crippen molar-refractivity contribution >= 4 is 11.8 Å². The van der Waals surface area contributed by atoms with Crippen LogP contribution in [0.4, 0.5) is 15.0 Å². The topological polar surface area (TPSA) is 50.2 Å². The van der Waals surface area contributed by atoms with Gasteiger partial charge in [0.15, 0.2) is 0 Å². The van der Waals surface area contributed by atoms with Crippen LogP contribution in [0.5, 0.6) is 0 Å². The Balaban J connectivity index is 1.52. The van der Waals surface area contributed by atoms with Gasteiger partial charge in [-0.3, -0.25) is 10.00 Å². The van der Waals surface area contributed by atoms with Gasteiger partial charge in [-0.2, -0.15) is 5.10 Å². The number of piperidine rings is 1. The zero-order chi connectivity index (χ0) is 17.4. The Morgan fingerprint density at radius 1 is 1.24 bits per heavy atom. The van der Waals surface area contributed by atoms with Gasteiger partial charge in [0, 0.05) is 25.6 Å². The molecule has 1 aliphatic heterocycles. The second-order valence-corrected chi connectivity index (χ2v) is 7.04. The quantitative estimate of drug-likeness (QED) is 0.909. The number of halogens is 1. The summed E-state index contributed by atoms with van der Waals surface area (Å²) >= 11 is 0. The molecular weight excluding hydrogens is 319 g/mol. The molecule has 6 heteroatoms. The van der Waals surface area contributed by atoms with Gasteiger partial charge in [-0.15, -0.1) is 0 Å². The highest BCUT2D eigenvalue weighted by Crippen LogP contribution is 2.40. The lowest BCUT2D eigenvalue weighted by Crippen LogP contribution is -2.41. The van der Waals surface area contributed by atoms with Crippen molar-refractivity contribution in [1.82, 2.24) is 14.7 Å². The molecule has 25 heavy (non-hydrogen) atoms. The first-order chi connectivity index (χ1) is 12.1. The van der Waals surface area contributed by atoms with E-state index in [4.69, 9.17) is 0 Å². The summed E-state index contributed by atoms with van der Waals surface area (Å²) in [5.74, 6) is 1.01. The van der Waals surface area contributed by atoms with Crippen LogP contribution in [0.1, 0.15) is 55.3 Å². The fourth-order valence-electron chi connectivity index (χ4n) is 3.60. The molecule has 2 fully saturated rings. The number of aryl methyl sites for hydroxylation is 1. The van der Waals surface area contributed by atoms with E-state index in [1.807, 2.05) is 24.1 Å². The predicted molar refractivity (Wildman–Crippen MR) is 93.9 cm³/mol. The van der Waals surface area contributed by atoms with Crippen LogP contribution >= 0.6 is 0 Å². The van der Waals surface area contributed by atoms with E-state index in [2.05, 4.69) is 10.4 Å². The van der Waals surface area contributed by atoms with Gasteiger partial charge in [0.05, 0.1) is 11.7 Å². The minimum Gasteiger partial charge on any atom is -0.317 e. The smallest absolute Gasteiger partial charge is 0.317 e. The highest BCUT2D eigenvalue weighted by atomic mass is 19.1. The van der Waals surface area contributed by atoms with Crippen LogP contribution < -0.4 is 5.32 Å². The molecule has 1 aromatic carbocycles. The SMILES string of the molecule is Cn1nc(C2CC2)cc1NC(=O)N1CCCC[C@@H]1c1cccc(F)c1. The molecule has 0 unspecified atom stereocenters. The minimum atomic E-state index is -0.260. The molecule has 132 valence electrons. The van der Waals surface area contributed by atoms with Crippen molar-refractivity contribution in [2.24, 2.45) is 7.05 Å². The van der Waals surface area contributed by atoms with E-state index >= 15 is 0 Å². The number of amides is 2. The fourth-order valence-corrected chi connectivity index (χ4v) is 3.60. The summed E-state index contributed by atoms with van der Waals surface area (Å²) in [5, 5.41) is 7.48. The Hall–Kier alpha value is -2.37. The summed E-state index contributed by atoms with van der Waals surface area (Å²) in [6.45, 7) is 0.681. The van der Waals surface area contributed by atoms with Crippen LogP contribution in [0.15, 0.2) is 30.3 Å². The number of nitrogens with zero attached hydrogens (tertiary/aromatic N) is 3. The number of hydrogen-bond acceptors (Lipinski definition) is 2. The number of urea groups is 1. The first-order valence-corrected chi connectivity index (χ1v) is 8.99. The van der Waals surface area contributed by atoms with Crippen LogP contribution in [0, 0.1) is 5.82 Å². The number of likely N-dealkylation sites (tertiary alicyclic amines) is 1. The zero-order valence-electron chi connectivity index (χ0n) is 14.4. The lowest BCUT2D eigenvalue weighted by molar-refractivity contribution is 0.163. The fraction of sp³-hybridized carbons (Fsp3) is 0.474. The van der Waals surface area contributed by atoms with Crippen LogP contribution in [0.2, 0.25) is 0 Å². The van der Waals surface area contributed by atoms with Crippen molar-refractivity contribution in [2.75, 3.05) is 11.9 Å². The molecule has 1 atom stereocenters. The molecule has 1 N–H and O–H groups in total. The molecule has 0 spiro atoms. The lowest BCUT2D eigenvalue weighted by Gasteiger charge is -2.36. The predicted octanol–water partition coefficient (Wildman–Crippen LogP) is 4.20. The Bertz CT molecular complexity index is 783. The van der Waals surface area contributed by atoms with Gasteiger partial charge in [0.25, 0.3) is 0 Å². The molecule has 1 saturated carbocycles. The van der Waals surface area contributed by atoms with E-state index < -0.39 is 0 Å². The van der Waals surface area contributed by atoms with Gasteiger partial charge in [0.1, 0.15) is 11.6 Å². The molecule has 0 radical (unpaired) electrons.